The number of likely N-dealkylation sites (tertiary alicyclic amines) is 2. The number of amides is 1. The molecule has 1 aliphatic carbocycles. The number of rotatable bonds is 6. The number of hydrogen-bond donors (Lipinski definition) is 0. The summed E-state index contributed by atoms with van der Waals surface area (Å²) in [6.07, 6.45) is 14.4. The smallest absolute Gasteiger partial charge is 0.224 e. The third-order valence-electron chi connectivity index (χ3n) is 7.06. The molecule has 1 aromatic heterocycles. The zero-order valence-electron chi connectivity index (χ0n) is 16.6. The standard InChI is InChI=1S/C20H34N6O/c27-19(8-13-26-17-21-22-23-26)25-14-10-20(16-25)9-4-11-24(15-20)12-7-18-5-2-1-3-6-18/h17-18H,1-16H2. The number of tetrazole rings is 1. The SMILES string of the molecule is O=C(CCn1cnnn1)N1CCC2(CCCN(CCC3CCCCC3)C2)C1. The van der Waals surface area contributed by atoms with Gasteiger partial charge in [-0.15, -0.1) is 5.10 Å². The van der Waals surface area contributed by atoms with Gasteiger partial charge < -0.3 is 9.80 Å². The van der Waals surface area contributed by atoms with Gasteiger partial charge in [0.25, 0.3) is 0 Å². The zero-order valence-corrected chi connectivity index (χ0v) is 16.6. The molecule has 150 valence electrons. The lowest BCUT2D eigenvalue weighted by molar-refractivity contribution is -0.131. The van der Waals surface area contributed by atoms with Crippen molar-refractivity contribution < 1.29 is 4.79 Å². The van der Waals surface area contributed by atoms with Gasteiger partial charge in [-0.3, -0.25) is 4.79 Å². The van der Waals surface area contributed by atoms with Crippen molar-refractivity contribution in [3.8, 4) is 0 Å². The van der Waals surface area contributed by atoms with Gasteiger partial charge in [-0.25, -0.2) is 4.68 Å². The van der Waals surface area contributed by atoms with E-state index in [4.69, 9.17) is 0 Å². The van der Waals surface area contributed by atoms with Crippen LogP contribution in [-0.4, -0.2) is 68.6 Å². The van der Waals surface area contributed by atoms with Gasteiger partial charge in [0.15, 0.2) is 0 Å². The lowest BCUT2D eigenvalue weighted by Gasteiger charge is -2.41. The summed E-state index contributed by atoms with van der Waals surface area (Å²) in [5, 5.41) is 11.1. The van der Waals surface area contributed by atoms with E-state index < -0.39 is 0 Å². The van der Waals surface area contributed by atoms with E-state index in [0.29, 0.717) is 18.4 Å². The van der Waals surface area contributed by atoms with Crippen LogP contribution in [0.3, 0.4) is 0 Å². The van der Waals surface area contributed by atoms with Crippen LogP contribution in [-0.2, 0) is 11.3 Å². The van der Waals surface area contributed by atoms with Gasteiger partial charge in [0.1, 0.15) is 6.33 Å². The molecule has 7 nitrogen and oxygen atoms in total. The molecule has 1 spiro atoms. The lowest BCUT2D eigenvalue weighted by Crippen LogP contribution is -2.46. The van der Waals surface area contributed by atoms with Crippen molar-refractivity contribution in [1.82, 2.24) is 30.0 Å². The van der Waals surface area contributed by atoms with Crippen LogP contribution in [0.5, 0.6) is 0 Å². The first-order chi connectivity index (χ1) is 13.2. The Labute approximate surface area is 162 Å². The molecule has 27 heavy (non-hydrogen) atoms. The first-order valence-electron chi connectivity index (χ1n) is 10.9. The molecular formula is C20H34N6O. The molecule has 7 heteroatoms. The number of aryl methyl sites for hydroxylation is 1. The maximum atomic E-state index is 12.6. The average molecular weight is 375 g/mol. The fourth-order valence-corrected chi connectivity index (χ4v) is 5.47. The Morgan fingerprint density at radius 3 is 2.74 bits per heavy atom. The number of piperidine rings is 1. The van der Waals surface area contributed by atoms with E-state index in [-0.39, 0.29) is 5.91 Å². The van der Waals surface area contributed by atoms with E-state index in [2.05, 4.69) is 25.3 Å². The van der Waals surface area contributed by atoms with E-state index in [1.54, 1.807) is 11.0 Å². The van der Waals surface area contributed by atoms with Crippen LogP contribution >= 0.6 is 0 Å². The molecule has 1 aromatic rings. The van der Waals surface area contributed by atoms with Crippen molar-refractivity contribution >= 4 is 5.91 Å². The zero-order chi connectivity index (χ0) is 18.5. The first-order valence-corrected chi connectivity index (χ1v) is 10.9. The lowest BCUT2D eigenvalue weighted by atomic mass is 9.79. The van der Waals surface area contributed by atoms with Crippen LogP contribution in [0.1, 0.15) is 64.2 Å². The molecule has 0 bridgehead atoms. The predicted molar refractivity (Wildman–Crippen MR) is 103 cm³/mol. The fraction of sp³-hybridized carbons (Fsp3) is 0.900. The molecular weight excluding hydrogens is 340 g/mol. The molecule has 3 aliphatic rings. The number of carbonyl (C=O) groups excluding carboxylic acids is 1. The molecule has 0 radical (unpaired) electrons. The summed E-state index contributed by atoms with van der Waals surface area (Å²) < 4.78 is 1.64. The van der Waals surface area contributed by atoms with Gasteiger partial charge in [0, 0.05) is 31.5 Å². The minimum absolute atomic E-state index is 0.252. The van der Waals surface area contributed by atoms with Crippen molar-refractivity contribution in [2.24, 2.45) is 11.3 Å². The Balaban J connectivity index is 1.24. The Kier molecular flexibility index (Phi) is 6.05. The van der Waals surface area contributed by atoms with E-state index in [1.807, 2.05) is 0 Å². The fourth-order valence-electron chi connectivity index (χ4n) is 5.47. The summed E-state index contributed by atoms with van der Waals surface area (Å²) >= 11 is 0. The normalized spacial score (nSPS) is 27.5. The molecule has 3 heterocycles. The molecule has 1 saturated carbocycles. The highest BCUT2D eigenvalue weighted by Gasteiger charge is 2.42. The van der Waals surface area contributed by atoms with E-state index in [0.717, 1.165) is 19.0 Å². The van der Waals surface area contributed by atoms with E-state index in [9.17, 15) is 4.79 Å². The molecule has 1 amide bonds. The monoisotopic (exact) mass is 374 g/mol. The van der Waals surface area contributed by atoms with Crippen LogP contribution in [0, 0.1) is 11.3 Å². The van der Waals surface area contributed by atoms with E-state index >= 15 is 0 Å². The number of aromatic nitrogens is 4. The Morgan fingerprint density at radius 2 is 1.93 bits per heavy atom. The molecule has 2 aliphatic heterocycles. The maximum Gasteiger partial charge on any atom is 0.224 e. The molecule has 1 unspecified atom stereocenters. The summed E-state index contributed by atoms with van der Waals surface area (Å²) in [4.78, 5) is 17.4. The van der Waals surface area contributed by atoms with Crippen LogP contribution in [0.2, 0.25) is 0 Å². The van der Waals surface area contributed by atoms with E-state index in [1.165, 1.54) is 77.4 Å². The first kappa shape index (κ1) is 18.8. The average Bonchev–Trinajstić information content (AvgIpc) is 3.36. The summed E-state index contributed by atoms with van der Waals surface area (Å²) in [5.41, 5.74) is 0.343. The van der Waals surface area contributed by atoms with Gasteiger partial charge in [0.2, 0.25) is 5.91 Å². The molecule has 0 N–H and O–H groups in total. The molecule has 3 fully saturated rings. The third kappa shape index (κ3) is 4.86. The summed E-state index contributed by atoms with van der Waals surface area (Å²) in [5.74, 6) is 1.21. The van der Waals surface area contributed by atoms with Crippen LogP contribution in [0.25, 0.3) is 0 Å². The van der Waals surface area contributed by atoms with Gasteiger partial charge in [-0.05, 0) is 55.1 Å². The van der Waals surface area contributed by atoms with Crippen LogP contribution in [0.15, 0.2) is 6.33 Å². The highest BCUT2D eigenvalue weighted by Crippen LogP contribution is 2.39. The predicted octanol–water partition coefficient (Wildman–Crippen LogP) is 2.35. The minimum Gasteiger partial charge on any atom is -0.342 e. The second-order valence-electron chi connectivity index (χ2n) is 9.06. The van der Waals surface area contributed by atoms with Crippen LogP contribution in [0.4, 0.5) is 0 Å². The van der Waals surface area contributed by atoms with Crippen LogP contribution < -0.4 is 0 Å². The number of hydrogen-bond acceptors (Lipinski definition) is 5. The summed E-state index contributed by atoms with van der Waals surface area (Å²) in [6.45, 7) is 6.15. The van der Waals surface area contributed by atoms with Crippen molar-refractivity contribution in [1.29, 1.82) is 0 Å². The Morgan fingerprint density at radius 1 is 1.04 bits per heavy atom. The van der Waals surface area contributed by atoms with Gasteiger partial charge in [-0.1, -0.05) is 32.1 Å². The minimum atomic E-state index is 0.252. The Hall–Kier alpha value is -1.50. The van der Waals surface area contributed by atoms with Crippen molar-refractivity contribution in [2.45, 2.75) is 70.8 Å². The highest BCUT2D eigenvalue weighted by atomic mass is 16.2. The number of carbonyl (C=O) groups is 1. The second kappa shape index (κ2) is 8.67. The molecule has 1 atom stereocenters. The maximum absolute atomic E-state index is 12.6. The summed E-state index contributed by atoms with van der Waals surface area (Å²) in [6, 6.07) is 0. The molecule has 4 rings (SSSR count). The highest BCUT2D eigenvalue weighted by molar-refractivity contribution is 5.76. The van der Waals surface area contributed by atoms with Crippen molar-refractivity contribution in [3.05, 3.63) is 6.33 Å². The topological polar surface area (TPSA) is 67.2 Å². The van der Waals surface area contributed by atoms with Crippen molar-refractivity contribution in [3.63, 3.8) is 0 Å². The molecule has 0 aromatic carbocycles. The third-order valence-corrected chi connectivity index (χ3v) is 7.06. The number of nitrogens with zero attached hydrogens (tertiary/aromatic N) is 6. The van der Waals surface area contributed by atoms with Crippen molar-refractivity contribution in [2.75, 3.05) is 32.7 Å². The quantitative estimate of drug-likeness (QED) is 0.765. The second-order valence-corrected chi connectivity index (χ2v) is 9.06. The van der Waals surface area contributed by atoms with Gasteiger partial charge in [0.05, 0.1) is 6.54 Å². The van der Waals surface area contributed by atoms with Gasteiger partial charge in [-0.2, -0.15) is 0 Å². The molecule has 2 saturated heterocycles. The summed E-state index contributed by atoms with van der Waals surface area (Å²) in [7, 11) is 0. The largest absolute Gasteiger partial charge is 0.342 e. The van der Waals surface area contributed by atoms with Gasteiger partial charge >= 0.3 is 0 Å². The Bertz CT molecular complexity index is 600.